The SMILES string of the molecule is CCn1ccnc1N(CCC#N)CCOC. The smallest absolute Gasteiger partial charge is 0.205 e. The molecule has 1 aromatic heterocycles. The van der Waals surface area contributed by atoms with Gasteiger partial charge in [0.25, 0.3) is 0 Å². The molecule has 0 saturated carbocycles. The molecular weight excluding hydrogens is 204 g/mol. The molecule has 0 radical (unpaired) electrons. The maximum absolute atomic E-state index is 8.63. The molecule has 0 unspecified atom stereocenters. The van der Waals surface area contributed by atoms with Gasteiger partial charge >= 0.3 is 0 Å². The lowest BCUT2D eigenvalue weighted by Crippen LogP contribution is -2.30. The fourth-order valence-electron chi connectivity index (χ4n) is 1.53. The number of aromatic nitrogens is 2. The second kappa shape index (κ2) is 6.85. The molecule has 5 heteroatoms. The maximum Gasteiger partial charge on any atom is 0.205 e. The molecule has 0 amide bonds. The third-order valence-corrected chi connectivity index (χ3v) is 2.38. The molecule has 5 nitrogen and oxygen atoms in total. The normalized spacial score (nSPS) is 10.1. The number of hydrogen-bond donors (Lipinski definition) is 0. The number of aryl methyl sites for hydroxylation is 1. The molecule has 1 heterocycles. The molecule has 0 aliphatic rings. The van der Waals surface area contributed by atoms with Crippen molar-refractivity contribution in [1.82, 2.24) is 9.55 Å². The van der Waals surface area contributed by atoms with E-state index in [9.17, 15) is 0 Å². The number of rotatable bonds is 7. The first kappa shape index (κ1) is 12.5. The van der Waals surface area contributed by atoms with Gasteiger partial charge in [0.2, 0.25) is 5.95 Å². The summed E-state index contributed by atoms with van der Waals surface area (Å²) in [5, 5.41) is 8.63. The molecule has 88 valence electrons. The van der Waals surface area contributed by atoms with Gasteiger partial charge < -0.3 is 14.2 Å². The van der Waals surface area contributed by atoms with Crippen molar-refractivity contribution in [2.24, 2.45) is 0 Å². The highest BCUT2D eigenvalue weighted by molar-refractivity contribution is 5.31. The fourth-order valence-corrected chi connectivity index (χ4v) is 1.53. The van der Waals surface area contributed by atoms with Crippen molar-refractivity contribution in [3.05, 3.63) is 12.4 Å². The molecule has 0 bridgehead atoms. The van der Waals surface area contributed by atoms with Crippen molar-refractivity contribution >= 4 is 5.95 Å². The fraction of sp³-hybridized carbons (Fsp3) is 0.636. The quantitative estimate of drug-likeness (QED) is 0.697. The van der Waals surface area contributed by atoms with Crippen molar-refractivity contribution in [3.63, 3.8) is 0 Å². The van der Waals surface area contributed by atoms with Gasteiger partial charge in [0.1, 0.15) is 0 Å². The number of nitriles is 1. The Balaban J connectivity index is 2.70. The van der Waals surface area contributed by atoms with Crippen LogP contribution in [0, 0.1) is 11.3 Å². The van der Waals surface area contributed by atoms with Gasteiger partial charge in [-0.25, -0.2) is 4.98 Å². The first-order valence-electron chi connectivity index (χ1n) is 5.45. The zero-order chi connectivity index (χ0) is 11.8. The highest BCUT2D eigenvalue weighted by Gasteiger charge is 2.11. The van der Waals surface area contributed by atoms with Crippen LogP contribution in [0.4, 0.5) is 5.95 Å². The van der Waals surface area contributed by atoms with Gasteiger partial charge in [0.05, 0.1) is 19.1 Å². The molecule has 0 atom stereocenters. The summed E-state index contributed by atoms with van der Waals surface area (Å²) in [4.78, 5) is 6.40. The van der Waals surface area contributed by atoms with Gasteiger partial charge in [-0.2, -0.15) is 5.26 Å². The van der Waals surface area contributed by atoms with Crippen LogP contribution >= 0.6 is 0 Å². The van der Waals surface area contributed by atoms with Crippen molar-refractivity contribution in [2.45, 2.75) is 19.9 Å². The molecule has 1 aromatic rings. The van der Waals surface area contributed by atoms with Crippen LogP contribution in [0.3, 0.4) is 0 Å². The Morgan fingerprint density at radius 2 is 2.38 bits per heavy atom. The average molecular weight is 222 g/mol. The van der Waals surface area contributed by atoms with E-state index in [1.54, 1.807) is 13.3 Å². The van der Waals surface area contributed by atoms with Gasteiger partial charge in [-0.15, -0.1) is 0 Å². The third kappa shape index (κ3) is 3.24. The second-order valence-corrected chi connectivity index (χ2v) is 3.40. The summed E-state index contributed by atoms with van der Waals surface area (Å²) >= 11 is 0. The largest absolute Gasteiger partial charge is 0.383 e. The summed E-state index contributed by atoms with van der Waals surface area (Å²) in [6.45, 7) is 5.05. The summed E-state index contributed by atoms with van der Waals surface area (Å²) in [7, 11) is 1.68. The van der Waals surface area contributed by atoms with E-state index in [4.69, 9.17) is 10.00 Å². The molecule has 0 aromatic carbocycles. The van der Waals surface area contributed by atoms with Gasteiger partial charge in [-0.1, -0.05) is 0 Å². The van der Waals surface area contributed by atoms with Crippen LogP contribution in [-0.2, 0) is 11.3 Å². The topological polar surface area (TPSA) is 54.1 Å². The zero-order valence-corrected chi connectivity index (χ0v) is 9.89. The third-order valence-electron chi connectivity index (χ3n) is 2.38. The van der Waals surface area contributed by atoms with Crippen LogP contribution in [0.25, 0.3) is 0 Å². The molecule has 0 N–H and O–H groups in total. The lowest BCUT2D eigenvalue weighted by atomic mass is 10.4. The van der Waals surface area contributed by atoms with Gasteiger partial charge in [-0.05, 0) is 6.92 Å². The van der Waals surface area contributed by atoms with Crippen molar-refractivity contribution < 1.29 is 4.74 Å². The van der Waals surface area contributed by atoms with Gasteiger partial charge in [0, 0.05) is 39.1 Å². The highest BCUT2D eigenvalue weighted by Crippen LogP contribution is 2.11. The molecule has 1 rings (SSSR count). The Morgan fingerprint density at radius 3 is 3.00 bits per heavy atom. The lowest BCUT2D eigenvalue weighted by molar-refractivity contribution is 0.205. The monoisotopic (exact) mass is 222 g/mol. The van der Waals surface area contributed by atoms with Crippen LogP contribution < -0.4 is 4.90 Å². The van der Waals surface area contributed by atoms with E-state index in [0.29, 0.717) is 19.6 Å². The molecule has 0 saturated heterocycles. The average Bonchev–Trinajstić information content (AvgIpc) is 2.77. The Kier molecular flexibility index (Phi) is 5.37. The maximum atomic E-state index is 8.63. The Hall–Kier alpha value is -1.54. The van der Waals surface area contributed by atoms with Gasteiger partial charge in [-0.3, -0.25) is 0 Å². The van der Waals surface area contributed by atoms with Crippen molar-refractivity contribution in [2.75, 3.05) is 31.7 Å². The van der Waals surface area contributed by atoms with Crippen molar-refractivity contribution in [3.8, 4) is 6.07 Å². The first-order valence-corrected chi connectivity index (χ1v) is 5.45. The summed E-state index contributed by atoms with van der Waals surface area (Å²) < 4.78 is 7.12. The van der Waals surface area contributed by atoms with E-state index in [0.717, 1.165) is 19.0 Å². The number of nitrogens with zero attached hydrogens (tertiary/aromatic N) is 4. The summed E-state index contributed by atoms with van der Waals surface area (Å²) in [6.07, 6.45) is 4.23. The summed E-state index contributed by atoms with van der Waals surface area (Å²) in [5.41, 5.74) is 0. The van der Waals surface area contributed by atoms with E-state index in [1.807, 2.05) is 6.20 Å². The van der Waals surface area contributed by atoms with Crippen LogP contribution in [-0.4, -0.2) is 36.4 Å². The Labute approximate surface area is 96.3 Å². The predicted molar refractivity (Wildman–Crippen MR) is 62.2 cm³/mol. The van der Waals surface area contributed by atoms with E-state index >= 15 is 0 Å². The van der Waals surface area contributed by atoms with Crippen LogP contribution in [0.2, 0.25) is 0 Å². The molecule has 16 heavy (non-hydrogen) atoms. The summed E-state index contributed by atoms with van der Waals surface area (Å²) in [6, 6.07) is 2.15. The number of anilines is 1. The van der Waals surface area contributed by atoms with Gasteiger partial charge in [0.15, 0.2) is 0 Å². The van der Waals surface area contributed by atoms with E-state index < -0.39 is 0 Å². The Morgan fingerprint density at radius 1 is 1.56 bits per heavy atom. The minimum absolute atomic E-state index is 0.500. The first-order chi connectivity index (χ1) is 7.83. The molecule has 0 aliphatic heterocycles. The van der Waals surface area contributed by atoms with Crippen LogP contribution in [0.5, 0.6) is 0 Å². The number of ether oxygens (including phenoxy) is 1. The number of methoxy groups -OCH3 is 1. The molecule has 0 spiro atoms. The second-order valence-electron chi connectivity index (χ2n) is 3.40. The lowest BCUT2D eigenvalue weighted by Gasteiger charge is -2.22. The van der Waals surface area contributed by atoms with Crippen LogP contribution in [0.15, 0.2) is 12.4 Å². The summed E-state index contributed by atoms with van der Waals surface area (Å²) in [5.74, 6) is 0.912. The highest BCUT2D eigenvalue weighted by atomic mass is 16.5. The minimum Gasteiger partial charge on any atom is -0.383 e. The predicted octanol–water partition coefficient (Wildman–Crippen LogP) is 1.27. The molecule has 0 fully saturated rings. The number of hydrogen-bond acceptors (Lipinski definition) is 4. The van der Waals surface area contributed by atoms with E-state index in [2.05, 4.69) is 27.4 Å². The number of imidazole rings is 1. The Bertz CT molecular complexity index is 342. The minimum atomic E-state index is 0.500. The molecular formula is C11H18N4O. The standard InChI is InChI=1S/C11H18N4O/c1-3-14-8-6-13-11(14)15(7-4-5-12)9-10-16-2/h6,8H,3-4,7,9-10H2,1-2H3. The van der Waals surface area contributed by atoms with Crippen molar-refractivity contribution in [1.29, 1.82) is 5.26 Å². The zero-order valence-electron chi connectivity index (χ0n) is 9.89. The van der Waals surface area contributed by atoms with E-state index in [1.165, 1.54) is 0 Å². The molecule has 0 aliphatic carbocycles. The van der Waals surface area contributed by atoms with E-state index in [-0.39, 0.29) is 0 Å². The van der Waals surface area contributed by atoms with Crippen LogP contribution in [0.1, 0.15) is 13.3 Å².